The van der Waals surface area contributed by atoms with Crippen LogP contribution in [0.5, 0.6) is 0 Å². The number of nitrogens with one attached hydrogen (secondary N) is 1. The van der Waals surface area contributed by atoms with Gasteiger partial charge in [-0.25, -0.2) is 0 Å². The Morgan fingerprint density at radius 3 is 3.06 bits per heavy atom. The fourth-order valence-electron chi connectivity index (χ4n) is 1.69. The van der Waals surface area contributed by atoms with Crippen molar-refractivity contribution in [1.29, 1.82) is 5.26 Å². The molecule has 17 heavy (non-hydrogen) atoms. The molecule has 5 nitrogen and oxygen atoms in total. The molecule has 90 valence electrons. The van der Waals surface area contributed by atoms with Gasteiger partial charge in [-0.15, -0.1) is 0 Å². The zero-order valence-corrected chi connectivity index (χ0v) is 9.48. The Bertz CT molecular complexity index is 422. The molecule has 1 aromatic rings. The highest BCUT2D eigenvalue weighted by atomic mass is 16.6. The highest BCUT2D eigenvalue weighted by Crippen LogP contribution is 2.18. The molecule has 0 amide bonds. The summed E-state index contributed by atoms with van der Waals surface area (Å²) in [6.45, 7) is 2.49. The average Bonchev–Trinajstić information content (AvgIpc) is 2.38. The number of nitrogens with two attached hydrogens (primary N) is 1. The SMILES string of the molecule is N#Cc1cc(N)ccc1NCC1COCCO1. The van der Waals surface area contributed by atoms with Crippen molar-refractivity contribution in [2.24, 2.45) is 0 Å². The van der Waals surface area contributed by atoms with Crippen LogP contribution in [0.4, 0.5) is 11.4 Å². The predicted octanol–water partition coefficient (Wildman–Crippen LogP) is 0.968. The summed E-state index contributed by atoms with van der Waals surface area (Å²) in [5.74, 6) is 0. The standard InChI is InChI=1S/C12H15N3O2/c13-6-9-5-10(14)1-2-12(9)15-7-11-8-16-3-4-17-11/h1-2,5,11,15H,3-4,7-8,14H2. The molecule has 1 aliphatic heterocycles. The first-order valence-electron chi connectivity index (χ1n) is 5.52. The number of nitrogen functional groups attached to an aromatic ring is 1. The molecule has 0 radical (unpaired) electrons. The first kappa shape index (κ1) is 11.7. The maximum atomic E-state index is 8.98. The summed E-state index contributed by atoms with van der Waals surface area (Å²) >= 11 is 0. The van der Waals surface area contributed by atoms with Crippen molar-refractivity contribution in [3.8, 4) is 6.07 Å². The second kappa shape index (κ2) is 5.53. The van der Waals surface area contributed by atoms with E-state index in [1.807, 2.05) is 0 Å². The van der Waals surface area contributed by atoms with Gasteiger partial charge in [0.2, 0.25) is 0 Å². The van der Waals surface area contributed by atoms with E-state index >= 15 is 0 Å². The van der Waals surface area contributed by atoms with Crippen LogP contribution in [0.25, 0.3) is 0 Å². The molecule has 1 saturated heterocycles. The van der Waals surface area contributed by atoms with E-state index in [1.165, 1.54) is 0 Å². The van der Waals surface area contributed by atoms with Gasteiger partial charge >= 0.3 is 0 Å². The normalized spacial score (nSPS) is 19.6. The fourth-order valence-corrected chi connectivity index (χ4v) is 1.69. The Labute approximate surface area is 100 Å². The van der Waals surface area contributed by atoms with E-state index in [0.717, 1.165) is 5.69 Å². The Morgan fingerprint density at radius 1 is 1.47 bits per heavy atom. The van der Waals surface area contributed by atoms with Gasteiger partial charge in [0.1, 0.15) is 6.07 Å². The second-order valence-corrected chi connectivity index (χ2v) is 3.87. The number of ether oxygens (including phenoxy) is 2. The maximum Gasteiger partial charge on any atom is 0.101 e. The van der Waals surface area contributed by atoms with E-state index in [-0.39, 0.29) is 6.10 Å². The molecular weight excluding hydrogens is 218 g/mol. The Balaban J connectivity index is 1.96. The summed E-state index contributed by atoms with van der Waals surface area (Å²) in [5, 5.41) is 12.2. The van der Waals surface area contributed by atoms with Crippen LogP contribution >= 0.6 is 0 Å². The van der Waals surface area contributed by atoms with E-state index in [9.17, 15) is 0 Å². The molecule has 0 bridgehead atoms. The minimum Gasteiger partial charge on any atom is -0.399 e. The fraction of sp³-hybridized carbons (Fsp3) is 0.417. The van der Waals surface area contributed by atoms with E-state index in [0.29, 0.717) is 37.6 Å². The van der Waals surface area contributed by atoms with Gasteiger partial charge in [-0.05, 0) is 18.2 Å². The van der Waals surface area contributed by atoms with E-state index in [4.69, 9.17) is 20.5 Å². The molecule has 1 heterocycles. The highest BCUT2D eigenvalue weighted by Gasteiger charge is 2.14. The number of anilines is 2. The molecule has 3 N–H and O–H groups in total. The lowest BCUT2D eigenvalue weighted by Gasteiger charge is -2.23. The number of nitriles is 1. The van der Waals surface area contributed by atoms with Crippen molar-refractivity contribution in [3.05, 3.63) is 23.8 Å². The Hall–Kier alpha value is -1.77. The van der Waals surface area contributed by atoms with Crippen molar-refractivity contribution in [2.75, 3.05) is 37.4 Å². The molecule has 2 rings (SSSR count). The lowest BCUT2D eigenvalue weighted by molar-refractivity contribution is -0.0818. The van der Waals surface area contributed by atoms with Gasteiger partial charge < -0.3 is 20.5 Å². The zero-order valence-electron chi connectivity index (χ0n) is 9.48. The topological polar surface area (TPSA) is 80.3 Å². The van der Waals surface area contributed by atoms with Crippen LogP contribution in [0.15, 0.2) is 18.2 Å². The summed E-state index contributed by atoms with van der Waals surface area (Å²) in [6.07, 6.45) is 0.0350. The zero-order chi connectivity index (χ0) is 12.1. The van der Waals surface area contributed by atoms with Crippen molar-refractivity contribution in [1.82, 2.24) is 0 Å². The van der Waals surface area contributed by atoms with Gasteiger partial charge in [0.05, 0.1) is 37.2 Å². The van der Waals surface area contributed by atoms with Crippen molar-refractivity contribution < 1.29 is 9.47 Å². The molecule has 1 fully saturated rings. The first-order chi connectivity index (χ1) is 8.29. The molecule has 1 unspecified atom stereocenters. The second-order valence-electron chi connectivity index (χ2n) is 3.87. The van der Waals surface area contributed by atoms with Gasteiger partial charge in [-0.1, -0.05) is 0 Å². The van der Waals surface area contributed by atoms with E-state index in [2.05, 4.69) is 11.4 Å². The van der Waals surface area contributed by atoms with Crippen LogP contribution in [-0.4, -0.2) is 32.5 Å². The van der Waals surface area contributed by atoms with Crippen LogP contribution in [-0.2, 0) is 9.47 Å². The molecule has 1 aliphatic rings. The van der Waals surface area contributed by atoms with Crippen LogP contribution in [0, 0.1) is 11.3 Å². The lowest BCUT2D eigenvalue weighted by atomic mass is 10.1. The molecule has 5 heteroatoms. The van der Waals surface area contributed by atoms with Gasteiger partial charge in [0, 0.05) is 12.2 Å². The first-order valence-corrected chi connectivity index (χ1v) is 5.52. The van der Waals surface area contributed by atoms with Crippen LogP contribution < -0.4 is 11.1 Å². The van der Waals surface area contributed by atoms with Gasteiger partial charge in [0.25, 0.3) is 0 Å². The Morgan fingerprint density at radius 2 is 2.35 bits per heavy atom. The number of hydrogen-bond acceptors (Lipinski definition) is 5. The number of benzene rings is 1. The quantitative estimate of drug-likeness (QED) is 0.760. The molecule has 0 saturated carbocycles. The molecule has 0 aromatic heterocycles. The van der Waals surface area contributed by atoms with Crippen LogP contribution in [0.3, 0.4) is 0 Å². The van der Waals surface area contributed by atoms with Crippen molar-refractivity contribution in [3.63, 3.8) is 0 Å². The number of hydrogen-bond donors (Lipinski definition) is 2. The largest absolute Gasteiger partial charge is 0.399 e. The van der Waals surface area contributed by atoms with E-state index < -0.39 is 0 Å². The smallest absolute Gasteiger partial charge is 0.101 e. The van der Waals surface area contributed by atoms with Gasteiger partial charge in [0.15, 0.2) is 0 Å². The number of rotatable bonds is 3. The monoisotopic (exact) mass is 233 g/mol. The van der Waals surface area contributed by atoms with Gasteiger partial charge in [-0.2, -0.15) is 5.26 Å². The molecule has 1 atom stereocenters. The molecule has 0 spiro atoms. The minimum absolute atomic E-state index is 0.0350. The maximum absolute atomic E-state index is 8.98. The van der Waals surface area contributed by atoms with Crippen LogP contribution in [0.1, 0.15) is 5.56 Å². The van der Waals surface area contributed by atoms with Crippen LogP contribution in [0.2, 0.25) is 0 Å². The minimum atomic E-state index is 0.0350. The molecule has 0 aliphatic carbocycles. The predicted molar refractivity (Wildman–Crippen MR) is 64.6 cm³/mol. The van der Waals surface area contributed by atoms with E-state index in [1.54, 1.807) is 18.2 Å². The number of nitrogens with zero attached hydrogens (tertiary/aromatic N) is 1. The third kappa shape index (κ3) is 3.09. The average molecular weight is 233 g/mol. The molecular formula is C12H15N3O2. The van der Waals surface area contributed by atoms with Gasteiger partial charge in [-0.3, -0.25) is 0 Å². The summed E-state index contributed by atoms with van der Waals surface area (Å²) in [5.41, 5.74) is 7.52. The molecule has 1 aromatic carbocycles. The summed E-state index contributed by atoms with van der Waals surface area (Å²) < 4.78 is 10.8. The summed E-state index contributed by atoms with van der Waals surface area (Å²) in [6, 6.07) is 7.33. The van der Waals surface area contributed by atoms with Crippen molar-refractivity contribution in [2.45, 2.75) is 6.10 Å². The van der Waals surface area contributed by atoms with Crippen molar-refractivity contribution >= 4 is 11.4 Å². The third-order valence-electron chi connectivity index (χ3n) is 2.57. The summed E-state index contributed by atoms with van der Waals surface area (Å²) in [7, 11) is 0. The summed E-state index contributed by atoms with van der Waals surface area (Å²) in [4.78, 5) is 0. The lowest BCUT2D eigenvalue weighted by Crippen LogP contribution is -2.34. The third-order valence-corrected chi connectivity index (χ3v) is 2.57. The Kier molecular flexibility index (Phi) is 3.81. The highest BCUT2D eigenvalue weighted by molar-refractivity contribution is 5.62.